The van der Waals surface area contributed by atoms with Crippen LogP contribution in [0.5, 0.6) is 11.5 Å². The zero-order chi connectivity index (χ0) is 15.2. The second kappa shape index (κ2) is 6.97. The van der Waals surface area contributed by atoms with E-state index < -0.39 is 4.92 Å². The Balaban J connectivity index is 2.26. The van der Waals surface area contributed by atoms with E-state index in [1.54, 1.807) is 48.5 Å². The summed E-state index contributed by atoms with van der Waals surface area (Å²) in [4.78, 5) is 9.97. The molecule has 0 N–H and O–H groups in total. The van der Waals surface area contributed by atoms with Crippen molar-refractivity contribution in [3.8, 4) is 11.5 Å². The highest BCUT2D eigenvalue weighted by atomic mass is 35.5. The molecule has 0 aromatic heterocycles. The number of para-hydroxylation sites is 2. The first-order valence-corrected chi connectivity index (χ1v) is 6.52. The van der Waals surface area contributed by atoms with Gasteiger partial charge in [0.1, 0.15) is 11.5 Å². The van der Waals surface area contributed by atoms with Gasteiger partial charge < -0.3 is 9.47 Å². The van der Waals surface area contributed by atoms with E-state index in [0.29, 0.717) is 16.2 Å². The molecule has 2 rings (SSSR count). The Bertz CT molecular complexity index is 639. The summed E-state index contributed by atoms with van der Waals surface area (Å²) in [7, 11) is 0. The Hall–Kier alpha value is -2.24. The maximum absolute atomic E-state index is 10.7. The van der Waals surface area contributed by atoms with Crippen molar-refractivity contribution in [3.05, 3.63) is 80.8 Å². The fraction of sp³-hybridized carbons (Fsp3) is 0. The van der Waals surface area contributed by atoms with Crippen molar-refractivity contribution in [1.29, 1.82) is 0 Å². The highest BCUT2D eigenvalue weighted by Crippen LogP contribution is 2.29. The molecular formula is C14H9Cl2NO4. The lowest BCUT2D eigenvalue weighted by Gasteiger charge is -2.11. The molecule has 0 aliphatic carbocycles. The van der Waals surface area contributed by atoms with E-state index in [-0.39, 0.29) is 17.4 Å². The van der Waals surface area contributed by atoms with Gasteiger partial charge >= 0.3 is 12.1 Å². The third kappa shape index (κ3) is 4.37. The first kappa shape index (κ1) is 15.2. The molecule has 108 valence electrons. The lowest BCUT2D eigenvalue weighted by Crippen LogP contribution is -2.07. The molecule has 5 nitrogen and oxygen atoms in total. The molecule has 0 aliphatic heterocycles. The van der Waals surface area contributed by atoms with E-state index in [4.69, 9.17) is 32.7 Å². The van der Waals surface area contributed by atoms with Gasteiger partial charge in [0.05, 0.1) is 15.0 Å². The predicted octanol–water partition coefficient (Wildman–Crippen LogP) is 4.53. The molecule has 0 radical (unpaired) electrons. The van der Waals surface area contributed by atoms with Gasteiger partial charge in [-0.3, -0.25) is 10.1 Å². The number of nitrogens with zero attached hydrogens (tertiary/aromatic N) is 1. The van der Waals surface area contributed by atoms with Crippen LogP contribution in [0.15, 0.2) is 60.7 Å². The van der Waals surface area contributed by atoms with Crippen molar-refractivity contribution in [2.45, 2.75) is 0 Å². The van der Waals surface area contributed by atoms with Gasteiger partial charge in [-0.1, -0.05) is 47.5 Å². The number of rotatable bonds is 5. The second-order valence-electron chi connectivity index (χ2n) is 3.80. The van der Waals surface area contributed by atoms with Crippen LogP contribution in [0, 0.1) is 10.1 Å². The molecule has 21 heavy (non-hydrogen) atoms. The first-order chi connectivity index (χ1) is 10.1. The molecule has 0 saturated carbocycles. The number of ether oxygens (including phenoxy) is 2. The minimum atomic E-state index is -0.691. The SMILES string of the molecule is O=[N+]([O-])C=C(Oc1ccccc1Cl)Oc1ccccc1Cl. The summed E-state index contributed by atoms with van der Waals surface area (Å²) < 4.78 is 10.6. The van der Waals surface area contributed by atoms with Gasteiger partial charge in [0.2, 0.25) is 0 Å². The van der Waals surface area contributed by atoms with Gasteiger partial charge in [0.25, 0.3) is 0 Å². The van der Waals surface area contributed by atoms with Crippen molar-refractivity contribution in [2.24, 2.45) is 0 Å². The van der Waals surface area contributed by atoms with Crippen molar-refractivity contribution < 1.29 is 14.4 Å². The Kier molecular flexibility index (Phi) is 5.03. The Morgan fingerprint density at radius 2 is 1.38 bits per heavy atom. The molecular weight excluding hydrogens is 317 g/mol. The molecule has 2 aromatic rings. The predicted molar refractivity (Wildman–Crippen MR) is 79.2 cm³/mol. The van der Waals surface area contributed by atoms with Gasteiger partial charge in [-0.05, 0) is 24.3 Å². The van der Waals surface area contributed by atoms with E-state index in [2.05, 4.69) is 0 Å². The largest absolute Gasteiger partial charge is 0.420 e. The number of hydrogen-bond acceptors (Lipinski definition) is 4. The summed E-state index contributed by atoms with van der Waals surface area (Å²) >= 11 is 11.9. The fourth-order valence-electron chi connectivity index (χ4n) is 1.43. The van der Waals surface area contributed by atoms with Crippen molar-refractivity contribution in [3.63, 3.8) is 0 Å². The van der Waals surface area contributed by atoms with E-state index in [1.807, 2.05) is 0 Å². The highest BCUT2D eigenvalue weighted by molar-refractivity contribution is 6.32. The number of hydrogen-bond donors (Lipinski definition) is 0. The summed E-state index contributed by atoms with van der Waals surface area (Å²) in [5.41, 5.74) is 0. The zero-order valence-corrected chi connectivity index (χ0v) is 12.0. The second-order valence-corrected chi connectivity index (χ2v) is 4.61. The Morgan fingerprint density at radius 3 is 1.76 bits per heavy atom. The molecule has 0 spiro atoms. The lowest BCUT2D eigenvalue weighted by atomic mass is 10.3. The molecule has 0 unspecified atom stereocenters. The molecule has 0 amide bonds. The van der Waals surface area contributed by atoms with E-state index in [1.165, 1.54) is 0 Å². The van der Waals surface area contributed by atoms with Crippen LogP contribution in [-0.4, -0.2) is 4.92 Å². The molecule has 2 aromatic carbocycles. The van der Waals surface area contributed by atoms with Crippen LogP contribution in [0.2, 0.25) is 10.0 Å². The molecule has 0 heterocycles. The summed E-state index contributed by atoms with van der Waals surface area (Å²) in [5, 5.41) is 11.3. The van der Waals surface area contributed by atoms with Gasteiger partial charge in [-0.2, -0.15) is 0 Å². The summed E-state index contributed by atoms with van der Waals surface area (Å²) in [6, 6.07) is 13.1. The molecule has 0 atom stereocenters. The third-order valence-corrected chi connectivity index (χ3v) is 2.93. The Morgan fingerprint density at radius 1 is 0.952 bits per heavy atom. The number of halogens is 2. The Labute approximate surface area is 130 Å². The average molecular weight is 326 g/mol. The molecule has 0 bridgehead atoms. The monoisotopic (exact) mass is 325 g/mol. The molecule has 7 heteroatoms. The van der Waals surface area contributed by atoms with E-state index in [9.17, 15) is 10.1 Å². The topological polar surface area (TPSA) is 61.6 Å². The maximum Gasteiger partial charge on any atom is 0.364 e. The van der Waals surface area contributed by atoms with Crippen LogP contribution >= 0.6 is 23.2 Å². The fourth-order valence-corrected chi connectivity index (χ4v) is 1.78. The van der Waals surface area contributed by atoms with Crippen LogP contribution in [0.3, 0.4) is 0 Å². The van der Waals surface area contributed by atoms with Crippen molar-refractivity contribution >= 4 is 23.2 Å². The minimum Gasteiger partial charge on any atom is -0.420 e. The lowest BCUT2D eigenvalue weighted by molar-refractivity contribution is -0.406. The van der Waals surface area contributed by atoms with Crippen LogP contribution in [-0.2, 0) is 0 Å². The standard InChI is InChI=1S/C14H9Cl2NO4/c15-10-5-1-3-7-12(10)20-14(9-17(18)19)21-13-8-4-2-6-11(13)16/h1-9H. The van der Waals surface area contributed by atoms with Gasteiger partial charge in [-0.15, -0.1) is 0 Å². The summed E-state index contributed by atoms with van der Waals surface area (Å²) in [6.07, 6.45) is 0.590. The molecule has 0 fully saturated rings. The molecule has 0 aliphatic rings. The number of benzene rings is 2. The highest BCUT2D eigenvalue weighted by Gasteiger charge is 2.13. The summed E-state index contributed by atoms with van der Waals surface area (Å²) in [5.74, 6) is 0.125. The first-order valence-electron chi connectivity index (χ1n) is 5.76. The smallest absolute Gasteiger partial charge is 0.364 e. The maximum atomic E-state index is 10.7. The van der Waals surface area contributed by atoms with Crippen LogP contribution in [0.4, 0.5) is 0 Å². The zero-order valence-electron chi connectivity index (χ0n) is 10.5. The van der Waals surface area contributed by atoms with Crippen LogP contribution in [0.1, 0.15) is 0 Å². The minimum absolute atomic E-state index is 0.235. The average Bonchev–Trinajstić information content (AvgIpc) is 2.43. The van der Waals surface area contributed by atoms with Crippen molar-refractivity contribution in [1.82, 2.24) is 0 Å². The van der Waals surface area contributed by atoms with Crippen LogP contribution in [0.25, 0.3) is 0 Å². The van der Waals surface area contributed by atoms with Crippen LogP contribution < -0.4 is 9.47 Å². The normalized spacial score (nSPS) is 9.81. The molecule has 0 saturated heterocycles. The van der Waals surface area contributed by atoms with Gasteiger partial charge in [0, 0.05) is 0 Å². The van der Waals surface area contributed by atoms with Gasteiger partial charge in [-0.25, -0.2) is 0 Å². The van der Waals surface area contributed by atoms with Gasteiger partial charge in [0.15, 0.2) is 0 Å². The third-order valence-electron chi connectivity index (χ3n) is 2.31. The van der Waals surface area contributed by atoms with E-state index >= 15 is 0 Å². The van der Waals surface area contributed by atoms with E-state index in [0.717, 1.165) is 0 Å². The number of nitro groups is 1. The quantitative estimate of drug-likeness (QED) is 0.460. The summed E-state index contributed by atoms with van der Waals surface area (Å²) in [6.45, 7) is 0. The van der Waals surface area contributed by atoms with Crippen molar-refractivity contribution in [2.75, 3.05) is 0 Å².